The maximum Gasteiger partial charge on any atom is 0.414 e. The van der Waals surface area contributed by atoms with Gasteiger partial charge in [-0.05, 0) is 44.3 Å². The Balaban J connectivity index is 0.000000454. The summed E-state index contributed by atoms with van der Waals surface area (Å²) in [6.07, 6.45) is 2.10. The molecule has 0 radical (unpaired) electrons. The van der Waals surface area contributed by atoms with Crippen LogP contribution in [0.1, 0.15) is 18.1 Å². The zero-order chi connectivity index (χ0) is 24.3. The molecule has 4 aromatic rings. The number of phenols is 1. The number of nitrogens with zero attached hydrogens (tertiary/aromatic N) is 2. The molecule has 10 heteroatoms. The summed E-state index contributed by atoms with van der Waals surface area (Å²) < 4.78 is 6.89. The molecule has 0 fully saturated rings. The topological polar surface area (TPSA) is 141 Å². The minimum absolute atomic E-state index is 0.120. The van der Waals surface area contributed by atoms with E-state index in [4.69, 9.17) is 24.2 Å². The Hall–Kier alpha value is -3.76. The summed E-state index contributed by atoms with van der Waals surface area (Å²) >= 11 is 1.47. The fraction of sp³-hybridized carbons (Fsp3) is 0.217. The predicted molar refractivity (Wildman–Crippen MR) is 125 cm³/mol. The molecule has 0 saturated heterocycles. The van der Waals surface area contributed by atoms with Crippen molar-refractivity contribution in [3.63, 3.8) is 0 Å². The molecule has 0 bridgehead atoms. The SMILES string of the molecule is CCc1cc2c(=O)c(-c3nc4ccccc4s3)coc2c(CN(C)C)c1O.O=C(O)C(=O)O. The number of aliphatic carboxylic acids is 2. The molecule has 0 aliphatic heterocycles. The van der Waals surface area contributed by atoms with Gasteiger partial charge in [0, 0.05) is 6.54 Å². The number of carboxylic acid groups (broad SMARTS) is 2. The van der Waals surface area contributed by atoms with Gasteiger partial charge in [0.2, 0.25) is 5.43 Å². The van der Waals surface area contributed by atoms with E-state index in [0.717, 1.165) is 15.8 Å². The number of phenolic OH excluding ortho intramolecular Hbond substituents is 1. The number of benzene rings is 2. The number of aromatic hydroxyl groups is 1. The van der Waals surface area contributed by atoms with Crippen LogP contribution in [0.2, 0.25) is 0 Å². The lowest BCUT2D eigenvalue weighted by Gasteiger charge is -2.15. The number of fused-ring (bicyclic) bond motifs is 2. The molecule has 0 unspecified atom stereocenters. The summed E-state index contributed by atoms with van der Waals surface area (Å²) in [4.78, 5) is 38.0. The van der Waals surface area contributed by atoms with Crippen molar-refractivity contribution in [2.45, 2.75) is 19.9 Å². The van der Waals surface area contributed by atoms with Crippen molar-refractivity contribution in [3.8, 4) is 16.3 Å². The largest absolute Gasteiger partial charge is 0.507 e. The van der Waals surface area contributed by atoms with Gasteiger partial charge < -0.3 is 24.6 Å². The van der Waals surface area contributed by atoms with Gasteiger partial charge in [0.15, 0.2) is 0 Å². The van der Waals surface area contributed by atoms with E-state index in [1.165, 1.54) is 17.6 Å². The number of carboxylic acids is 2. The first kappa shape index (κ1) is 23.9. The molecule has 0 saturated carbocycles. The van der Waals surface area contributed by atoms with Gasteiger partial charge in [-0.2, -0.15) is 0 Å². The van der Waals surface area contributed by atoms with Crippen LogP contribution < -0.4 is 5.43 Å². The minimum Gasteiger partial charge on any atom is -0.507 e. The van der Waals surface area contributed by atoms with E-state index in [-0.39, 0.29) is 11.2 Å². The van der Waals surface area contributed by atoms with Crippen LogP contribution >= 0.6 is 11.3 Å². The fourth-order valence-electron chi connectivity index (χ4n) is 3.26. The van der Waals surface area contributed by atoms with Crippen LogP contribution in [0.15, 0.2) is 45.8 Å². The monoisotopic (exact) mass is 470 g/mol. The van der Waals surface area contributed by atoms with Crippen molar-refractivity contribution in [2.24, 2.45) is 0 Å². The third kappa shape index (κ3) is 5.02. The highest BCUT2D eigenvalue weighted by atomic mass is 32.1. The summed E-state index contributed by atoms with van der Waals surface area (Å²) in [6.45, 7) is 2.44. The molecule has 0 aliphatic carbocycles. The minimum atomic E-state index is -1.82. The lowest BCUT2D eigenvalue weighted by Crippen LogP contribution is -2.13. The van der Waals surface area contributed by atoms with Crippen LogP contribution in [-0.4, -0.2) is 51.2 Å². The standard InChI is InChI=1S/C21H20N2O3S.C2H2O4/c1-4-12-9-13-19(25)15(21-22-16-7-5-6-8-17(16)27-21)11-26-20(13)14(18(12)24)10-23(2)3;3-1(4)2(5)6/h5-9,11,24H,4,10H2,1-3H3;(H,3,4)(H,5,6). The Labute approximate surface area is 192 Å². The quantitative estimate of drug-likeness (QED) is 0.382. The molecule has 33 heavy (non-hydrogen) atoms. The van der Waals surface area contributed by atoms with Gasteiger partial charge in [-0.1, -0.05) is 19.1 Å². The highest BCUT2D eigenvalue weighted by Gasteiger charge is 2.20. The van der Waals surface area contributed by atoms with Crippen LogP contribution in [0, 0.1) is 0 Å². The van der Waals surface area contributed by atoms with E-state index in [9.17, 15) is 9.90 Å². The molecule has 2 aromatic heterocycles. The molecule has 0 spiro atoms. The second kappa shape index (κ2) is 9.80. The molecular weight excluding hydrogens is 448 g/mol. The maximum atomic E-state index is 13.2. The van der Waals surface area contributed by atoms with E-state index in [1.807, 2.05) is 50.2 Å². The molecule has 0 amide bonds. The second-order valence-corrected chi connectivity index (χ2v) is 8.44. The van der Waals surface area contributed by atoms with Crippen LogP contribution in [0.25, 0.3) is 31.8 Å². The summed E-state index contributed by atoms with van der Waals surface area (Å²) in [5.74, 6) is -3.44. The molecule has 2 aromatic carbocycles. The molecule has 3 N–H and O–H groups in total. The molecule has 0 atom stereocenters. The number of carbonyl (C=O) groups is 2. The average Bonchev–Trinajstić information content (AvgIpc) is 3.20. The summed E-state index contributed by atoms with van der Waals surface area (Å²) in [5.41, 5.74) is 3.02. The van der Waals surface area contributed by atoms with Gasteiger partial charge in [0.1, 0.15) is 22.6 Å². The Morgan fingerprint density at radius 1 is 1.15 bits per heavy atom. The van der Waals surface area contributed by atoms with Gasteiger partial charge in [0.25, 0.3) is 0 Å². The number of rotatable bonds is 4. The van der Waals surface area contributed by atoms with Gasteiger partial charge in [-0.15, -0.1) is 11.3 Å². The zero-order valence-electron chi connectivity index (χ0n) is 18.2. The number of hydrogen-bond donors (Lipinski definition) is 3. The van der Waals surface area contributed by atoms with Gasteiger partial charge >= 0.3 is 11.9 Å². The second-order valence-electron chi connectivity index (χ2n) is 7.41. The first-order valence-corrected chi connectivity index (χ1v) is 10.7. The van der Waals surface area contributed by atoms with Crippen molar-refractivity contribution in [3.05, 3.63) is 57.9 Å². The summed E-state index contributed by atoms with van der Waals surface area (Å²) in [7, 11) is 3.83. The predicted octanol–water partition coefficient (Wildman–Crippen LogP) is 3.55. The lowest BCUT2D eigenvalue weighted by molar-refractivity contribution is -0.159. The van der Waals surface area contributed by atoms with E-state index < -0.39 is 11.9 Å². The van der Waals surface area contributed by atoms with E-state index >= 15 is 0 Å². The molecule has 9 nitrogen and oxygen atoms in total. The number of aryl methyl sites for hydroxylation is 1. The number of hydrogen-bond acceptors (Lipinski definition) is 8. The number of thiazole rings is 1. The van der Waals surface area contributed by atoms with Crippen molar-refractivity contribution >= 4 is 44.5 Å². The van der Waals surface area contributed by atoms with Gasteiger partial charge in [0.05, 0.1) is 26.7 Å². The first-order chi connectivity index (χ1) is 15.6. The average molecular weight is 471 g/mol. The normalized spacial score (nSPS) is 10.9. The molecule has 4 rings (SSSR count). The summed E-state index contributed by atoms with van der Waals surface area (Å²) in [6, 6.07) is 9.55. The number of para-hydroxylation sites is 1. The van der Waals surface area contributed by atoms with Crippen LogP contribution in [-0.2, 0) is 22.6 Å². The van der Waals surface area contributed by atoms with Crippen molar-refractivity contribution in [1.29, 1.82) is 0 Å². The third-order valence-electron chi connectivity index (χ3n) is 4.77. The van der Waals surface area contributed by atoms with E-state index in [1.54, 1.807) is 6.07 Å². The van der Waals surface area contributed by atoms with Crippen molar-refractivity contribution < 1.29 is 29.3 Å². The Morgan fingerprint density at radius 2 is 1.82 bits per heavy atom. The molecule has 2 heterocycles. The Morgan fingerprint density at radius 3 is 2.39 bits per heavy atom. The van der Waals surface area contributed by atoms with E-state index in [2.05, 4.69) is 4.98 Å². The Kier molecular flexibility index (Phi) is 7.10. The molecular formula is C23H22N2O7S. The smallest absolute Gasteiger partial charge is 0.414 e. The molecule has 172 valence electrons. The van der Waals surface area contributed by atoms with Crippen LogP contribution in [0.3, 0.4) is 0 Å². The van der Waals surface area contributed by atoms with Crippen molar-refractivity contribution in [2.75, 3.05) is 14.1 Å². The summed E-state index contributed by atoms with van der Waals surface area (Å²) in [5, 5.41) is 26.5. The highest BCUT2D eigenvalue weighted by molar-refractivity contribution is 7.21. The van der Waals surface area contributed by atoms with Crippen LogP contribution in [0.4, 0.5) is 0 Å². The third-order valence-corrected chi connectivity index (χ3v) is 5.84. The lowest BCUT2D eigenvalue weighted by atomic mass is 10.0. The van der Waals surface area contributed by atoms with Gasteiger partial charge in [-0.25, -0.2) is 14.6 Å². The number of aromatic nitrogens is 1. The fourth-order valence-corrected chi connectivity index (χ4v) is 4.23. The molecule has 0 aliphatic rings. The highest BCUT2D eigenvalue weighted by Crippen LogP contribution is 2.34. The van der Waals surface area contributed by atoms with E-state index in [0.29, 0.717) is 40.1 Å². The Bertz CT molecular complexity index is 1360. The van der Waals surface area contributed by atoms with Gasteiger partial charge in [-0.3, -0.25) is 4.79 Å². The first-order valence-electron chi connectivity index (χ1n) is 9.90. The van der Waals surface area contributed by atoms with Crippen LogP contribution in [0.5, 0.6) is 5.75 Å². The maximum absolute atomic E-state index is 13.2. The zero-order valence-corrected chi connectivity index (χ0v) is 19.0. The van der Waals surface area contributed by atoms with Crippen molar-refractivity contribution in [1.82, 2.24) is 9.88 Å².